The van der Waals surface area contributed by atoms with Crippen molar-refractivity contribution in [2.45, 2.75) is 20.8 Å². The Labute approximate surface area is 755 Å². The largest absolute Gasteiger partial charge is 0.376 e. The van der Waals surface area contributed by atoms with Crippen molar-refractivity contribution in [3.63, 3.8) is 0 Å². The van der Waals surface area contributed by atoms with E-state index in [1.54, 1.807) is 0 Å². The number of anilines is 10. The molecular weight excluding hydrogens is 1560 g/mol. The van der Waals surface area contributed by atoms with E-state index < -0.39 is 0 Å². The second-order valence-electron chi connectivity index (χ2n) is 34.8. The number of fused-ring (bicyclic) bond motifs is 8. The Balaban J connectivity index is 0.624. The summed E-state index contributed by atoms with van der Waals surface area (Å²) in [7, 11) is 0. The van der Waals surface area contributed by atoms with Gasteiger partial charge in [-0.1, -0.05) is 358 Å². The van der Waals surface area contributed by atoms with Crippen LogP contribution in [0.5, 0.6) is 0 Å². The molecule has 4 aliphatic heterocycles. The first-order valence-corrected chi connectivity index (χ1v) is 44.9. The normalized spacial score (nSPS) is 12.5. The summed E-state index contributed by atoms with van der Waals surface area (Å²) in [5.41, 5.74) is 50.9. The molecule has 20 aromatic carbocycles. The van der Waals surface area contributed by atoms with E-state index in [9.17, 15) is 0 Å². The van der Waals surface area contributed by atoms with Gasteiger partial charge >= 0.3 is 13.7 Å². The molecule has 4 heterocycles. The van der Waals surface area contributed by atoms with Crippen LogP contribution < -0.4 is 41.3 Å². The number of rotatable bonds is 15. The van der Waals surface area contributed by atoms with Crippen molar-refractivity contribution in [3.8, 4) is 145 Å². The van der Waals surface area contributed by atoms with Gasteiger partial charge in [0.1, 0.15) is 0 Å². The van der Waals surface area contributed by atoms with Crippen molar-refractivity contribution in [2.24, 2.45) is 0 Å². The minimum atomic E-state index is -0.223. The van der Waals surface area contributed by atoms with Crippen LogP contribution in [-0.4, -0.2) is 13.7 Å². The Hall–Kier alpha value is -16.3. The lowest BCUT2D eigenvalue weighted by Gasteiger charge is -2.46. The Morgan fingerprint density at radius 3 is 0.760 bits per heavy atom. The number of hydrogen-bond acceptors (Lipinski definition) is 4. The van der Waals surface area contributed by atoms with Gasteiger partial charge in [0.2, 0.25) is 0 Å². The highest BCUT2D eigenvalue weighted by Crippen LogP contribution is 2.54. The van der Waals surface area contributed by atoms with Gasteiger partial charge in [0.05, 0.1) is 0 Å². The summed E-state index contributed by atoms with van der Waals surface area (Å²) in [5, 5.41) is 0. The van der Waals surface area contributed by atoms with Crippen LogP contribution in [0.1, 0.15) is 16.7 Å². The third-order valence-electron chi connectivity index (χ3n) is 27.2. The fraction of sp³-hybridized carbons (Fsp3) is 0.0244. The molecule has 0 aliphatic carbocycles. The summed E-state index contributed by atoms with van der Waals surface area (Å²) in [4.78, 5) is 10.4. The molecule has 4 aliphatic rings. The maximum absolute atomic E-state index is 2.65. The van der Waals surface area contributed by atoms with Crippen molar-refractivity contribution >= 4 is 92.4 Å². The van der Waals surface area contributed by atoms with E-state index in [1.165, 1.54) is 167 Å². The number of aryl methyl sites for hydroxylation is 3. The molecule has 0 atom stereocenters. The molecule has 604 valence electrons. The minimum Gasteiger partial charge on any atom is -0.376 e. The van der Waals surface area contributed by atoms with Gasteiger partial charge < -0.3 is 19.4 Å². The zero-order valence-electron chi connectivity index (χ0n) is 71.9. The van der Waals surface area contributed by atoms with Gasteiger partial charge in [-0.15, -0.1) is 0 Å². The summed E-state index contributed by atoms with van der Waals surface area (Å²) < 4.78 is 0. The van der Waals surface area contributed by atoms with E-state index in [0.29, 0.717) is 0 Å². The SMILES string of the molecule is Cc1cc(-c2ccc(-c3ccc(N4B5c6cc(-c7ccccc7)ccc6N(c6ccc(-c7ccccc7)cc6)c6cc(-c7c(C)cccc7C)cc(c65)-c5cc(-c6ccccc6)ccc54)cc3)cc2)ccc1-c1cc2c3c(c1)N(c1ccc(-c4ccccc4)cc1)c1ccc(-c4ccccc4)cc1B3N(c1ccc(-c3ccccc3)cc1)c1ccc(-c3ccccc3)cc1-2. The molecule has 0 saturated heterocycles. The molecule has 0 amide bonds. The highest BCUT2D eigenvalue weighted by molar-refractivity contribution is 6.94. The van der Waals surface area contributed by atoms with Crippen LogP contribution in [0, 0.1) is 20.8 Å². The average Bonchev–Trinajstić information content (AvgIpc) is 0.695. The fourth-order valence-electron chi connectivity index (χ4n) is 21.0. The highest BCUT2D eigenvalue weighted by atomic mass is 15.2. The maximum atomic E-state index is 2.65. The molecule has 20 aromatic rings. The first-order valence-electron chi connectivity index (χ1n) is 44.9. The standard InChI is InChI=1S/C123H86B2N4/c1-81-26-25-27-82(2)121(81)103-76-112-110-74-99(88-36-19-8-20-37-88)56-69-116(110)129(125-114-78-101(90-40-23-10-24-41-90)58-71-118(114)127(120(80-103)123(112)125)105-61-48-93(49-62-105)85-30-13-5-14-31-85)107-65-52-95(53-66-107)91-42-44-96(45-43-91)97-54-67-108(83(3)72-97)102-75-111-109-73-98(87-34-17-7-18-35-87)55-68-115(109)128(106-63-50-94(51-64-106)86-32-15-6-16-33-86)124-113-77-100(89-38-21-9-22-39-89)57-70-117(113)126(119(79-102)122(111)124)104-59-46-92(47-60-104)84-28-11-4-12-29-84/h4-80H,1-3H3. The molecule has 0 saturated carbocycles. The third-order valence-corrected chi connectivity index (χ3v) is 27.2. The molecule has 0 bridgehead atoms. The molecule has 4 nitrogen and oxygen atoms in total. The molecular formula is C123H86B2N4. The summed E-state index contributed by atoms with van der Waals surface area (Å²) in [6.45, 7) is 6.38. The van der Waals surface area contributed by atoms with Crippen LogP contribution in [0.15, 0.2) is 467 Å². The van der Waals surface area contributed by atoms with Gasteiger partial charge in [-0.3, -0.25) is 0 Å². The Bertz CT molecular complexity index is 7690. The topological polar surface area (TPSA) is 13.0 Å². The third kappa shape index (κ3) is 13.4. The van der Waals surface area contributed by atoms with E-state index in [0.717, 1.165) is 73.4 Å². The van der Waals surface area contributed by atoms with Crippen molar-refractivity contribution < 1.29 is 0 Å². The molecule has 24 rings (SSSR count). The Kier molecular flexibility index (Phi) is 18.8. The zero-order chi connectivity index (χ0) is 85.7. The second-order valence-corrected chi connectivity index (χ2v) is 34.8. The monoisotopic (exact) mass is 1640 g/mol. The zero-order valence-corrected chi connectivity index (χ0v) is 71.9. The van der Waals surface area contributed by atoms with E-state index in [2.05, 4.69) is 507 Å². The van der Waals surface area contributed by atoms with Crippen molar-refractivity contribution in [2.75, 3.05) is 19.4 Å². The molecule has 129 heavy (non-hydrogen) atoms. The molecule has 0 fully saturated rings. The number of benzene rings is 20. The first kappa shape index (κ1) is 76.4. The van der Waals surface area contributed by atoms with E-state index in [-0.39, 0.29) is 13.7 Å². The van der Waals surface area contributed by atoms with Gasteiger partial charge in [0, 0.05) is 68.0 Å². The van der Waals surface area contributed by atoms with Crippen molar-refractivity contribution in [3.05, 3.63) is 484 Å². The lowest BCUT2D eigenvalue weighted by molar-refractivity contribution is 1.27. The van der Waals surface area contributed by atoms with Crippen LogP contribution in [-0.2, 0) is 0 Å². The molecule has 0 radical (unpaired) electrons. The molecule has 0 spiro atoms. The Morgan fingerprint density at radius 1 is 0.155 bits per heavy atom. The van der Waals surface area contributed by atoms with E-state index >= 15 is 0 Å². The van der Waals surface area contributed by atoms with Crippen molar-refractivity contribution in [1.82, 2.24) is 0 Å². The van der Waals surface area contributed by atoms with E-state index in [4.69, 9.17) is 0 Å². The summed E-state index contributed by atoms with van der Waals surface area (Å²) >= 11 is 0. The molecule has 0 unspecified atom stereocenters. The van der Waals surface area contributed by atoms with Gasteiger partial charge in [-0.05, 0) is 302 Å². The van der Waals surface area contributed by atoms with E-state index in [1.807, 2.05) is 0 Å². The fourth-order valence-corrected chi connectivity index (χ4v) is 21.0. The van der Waals surface area contributed by atoms with Crippen LogP contribution in [0.3, 0.4) is 0 Å². The predicted molar refractivity (Wildman–Crippen MR) is 548 cm³/mol. The molecule has 0 N–H and O–H groups in total. The number of nitrogens with zero attached hydrogens (tertiary/aromatic N) is 4. The Morgan fingerprint density at radius 2 is 0.411 bits per heavy atom. The van der Waals surface area contributed by atoms with Gasteiger partial charge in [0.15, 0.2) is 0 Å². The smallest absolute Gasteiger partial charge is 0.333 e. The second kappa shape index (κ2) is 31.7. The van der Waals surface area contributed by atoms with Gasteiger partial charge in [0.25, 0.3) is 0 Å². The molecule has 6 heteroatoms. The van der Waals surface area contributed by atoms with Crippen LogP contribution in [0.2, 0.25) is 0 Å². The summed E-state index contributed by atoms with van der Waals surface area (Å²) in [5.74, 6) is 0. The molecule has 0 aromatic heterocycles. The maximum Gasteiger partial charge on any atom is 0.333 e. The van der Waals surface area contributed by atoms with Gasteiger partial charge in [-0.25, -0.2) is 0 Å². The lowest BCUT2D eigenvalue weighted by Crippen LogP contribution is -2.61. The van der Waals surface area contributed by atoms with Crippen molar-refractivity contribution in [1.29, 1.82) is 0 Å². The van der Waals surface area contributed by atoms with Crippen LogP contribution in [0.25, 0.3) is 145 Å². The average molecular weight is 1640 g/mol. The summed E-state index contributed by atoms with van der Waals surface area (Å²) in [6, 6.07) is 175. The summed E-state index contributed by atoms with van der Waals surface area (Å²) in [6.07, 6.45) is 0. The first-order chi connectivity index (χ1) is 63.7. The predicted octanol–water partition coefficient (Wildman–Crippen LogP) is 30.4. The number of hydrogen-bond donors (Lipinski definition) is 0. The van der Waals surface area contributed by atoms with Crippen LogP contribution in [0.4, 0.5) is 56.9 Å². The minimum absolute atomic E-state index is 0.219. The lowest BCUT2D eigenvalue weighted by atomic mass is 9.43. The van der Waals surface area contributed by atoms with Gasteiger partial charge in [-0.2, -0.15) is 0 Å². The van der Waals surface area contributed by atoms with Crippen LogP contribution >= 0.6 is 0 Å². The highest BCUT2D eigenvalue weighted by Gasteiger charge is 2.48. The quantitative estimate of drug-likeness (QED) is 0.0949.